The third-order valence-electron chi connectivity index (χ3n) is 3.60. The van der Waals surface area contributed by atoms with Crippen LogP contribution in [-0.4, -0.2) is 40.6 Å². The van der Waals surface area contributed by atoms with E-state index in [0.29, 0.717) is 19.5 Å². The van der Waals surface area contributed by atoms with E-state index < -0.39 is 11.0 Å². The lowest BCUT2D eigenvalue weighted by Crippen LogP contribution is -2.56. The molecule has 1 fully saturated rings. The van der Waals surface area contributed by atoms with Crippen LogP contribution in [0.3, 0.4) is 0 Å². The standard InChI is InChI=1S/C11H22N2O2/c1-10(2,11(3,4)12)9(15)13-6-5-8(14)7-13/h8,14H,5-7,12H2,1-4H3/t8-/m1/s1. The Kier molecular flexibility index (Phi) is 3.12. The molecule has 88 valence electrons. The van der Waals surface area contributed by atoms with Crippen LogP contribution in [0, 0.1) is 5.41 Å². The topological polar surface area (TPSA) is 66.6 Å². The highest BCUT2D eigenvalue weighted by Crippen LogP contribution is 2.31. The Balaban J connectivity index is 2.76. The second-order valence-corrected chi connectivity index (χ2v) is 5.54. The van der Waals surface area contributed by atoms with E-state index in [1.165, 1.54) is 0 Å². The Bertz CT molecular complexity index is 256. The largest absolute Gasteiger partial charge is 0.391 e. The summed E-state index contributed by atoms with van der Waals surface area (Å²) < 4.78 is 0. The maximum Gasteiger partial charge on any atom is 0.230 e. The van der Waals surface area contributed by atoms with E-state index in [4.69, 9.17) is 5.73 Å². The molecular formula is C11H22N2O2. The molecule has 1 aliphatic rings. The van der Waals surface area contributed by atoms with Crippen molar-refractivity contribution < 1.29 is 9.90 Å². The number of hydrogen-bond acceptors (Lipinski definition) is 3. The first-order valence-corrected chi connectivity index (χ1v) is 5.42. The van der Waals surface area contributed by atoms with Crippen molar-refractivity contribution >= 4 is 5.91 Å². The molecule has 1 saturated heterocycles. The minimum atomic E-state index is -0.600. The highest BCUT2D eigenvalue weighted by Gasteiger charge is 2.44. The third kappa shape index (κ3) is 2.32. The molecule has 0 unspecified atom stereocenters. The summed E-state index contributed by atoms with van der Waals surface area (Å²) in [5.74, 6) is 0.0338. The lowest BCUT2D eigenvalue weighted by atomic mass is 9.74. The second kappa shape index (κ2) is 3.76. The summed E-state index contributed by atoms with van der Waals surface area (Å²) in [5, 5.41) is 9.39. The van der Waals surface area contributed by atoms with Gasteiger partial charge in [0.1, 0.15) is 0 Å². The van der Waals surface area contributed by atoms with Gasteiger partial charge in [0.2, 0.25) is 5.91 Å². The highest BCUT2D eigenvalue weighted by atomic mass is 16.3. The summed E-state index contributed by atoms with van der Waals surface area (Å²) in [5.41, 5.74) is 4.85. The smallest absolute Gasteiger partial charge is 0.230 e. The molecule has 0 aliphatic carbocycles. The van der Waals surface area contributed by atoms with Crippen LogP contribution >= 0.6 is 0 Å². The van der Waals surface area contributed by atoms with Gasteiger partial charge in [-0.1, -0.05) is 0 Å². The number of carbonyl (C=O) groups is 1. The average molecular weight is 214 g/mol. The molecule has 0 aromatic carbocycles. The van der Waals surface area contributed by atoms with Crippen molar-refractivity contribution in [2.45, 2.75) is 45.8 Å². The molecule has 0 aromatic rings. The van der Waals surface area contributed by atoms with Crippen LogP contribution in [0.5, 0.6) is 0 Å². The van der Waals surface area contributed by atoms with Gasteiger partial charge in [-0.05, 0) is 34.1 Å². The molecular weight excluding hydrogens is 192 g/mol. The molecule has 15 heavy (non-hydrogen) atoms. The van der Waals surface area contributed by atoms with Gasteiger partial charge in [0.05, 0.1) is 11.5 Å². The van der Waals surface area contributed by atoms with Gasteiger partial charge in [-0.3, -0.25) is 4.79 Å². The SMILES string of the molecule is CC(C)(N)C(C)(C)C(=O)N1CC[C@@H](O)C1. The number of amides is 1. The number of likely N-dealkylation sites (tertiary alicyclic amines) is 1. The van der Waals surface area contributed by atoms with E-state index in [9.17, 15) is 9.90 Å². The van der Waals surface area contributed by atoms with Gasteiger partial charge >= 0.3 is 0 Å². The predicted octanol–water partition coefficient (Wildman–Crippen LogP) is 0.343. The van der Waals surface area contributed by atoms with Gasteiger partial charge in [-0.15, -0.1) is 0 Å². The molecule has 1 atom stereocenters. The molecule has 0 saturated carbocycles. The van der Waals surface area contributed by atoms with E-state index in [1.807, 2.05) is 27.7 Å². The zero-order valence-corrected chi connectivity index (χ0v) is 10.1. The zero-order chi connectivity index (χ0) is 11.9. The van der Waals surface area contributed by atoms with Gasteiger partial charge in [0.15, 0.2) is 0 Å². The van der Waals surface area contributed by atoms with Crippen molar-refractivity contribution in [3.63, 3.8) is 0 Å². The Morgan fingerprint density at radius 1 is 1.40 bits per heavy atom. The number of β-amino-alcohol motifs (C(OH)–C–C–N with tert-alkyl or cyclic N) is 1. The van der Waals surface area contributed by atoms with Crippen molar-refractivity contribution in [2.24, 2.45) is 11.1 Å². The lowest BCUT2D eigenvalue weighted by molar-refractivity contribution is -0.142. The first-order chi connectivity index (χ1) is 6.66. The summed E-state index contributed by atoms with van der Waals surface area (Å²) in [4.78, 5) is 13.9. The third-order valence-corrected chi connectivity index (χ3v) is 3.60. The number of carbonyl (C=O) groups excluding carboxylic acids is 1. The summed E-state index contributed by atoms with van der Waals surface area (Å²) >= 11 is 0. The molecule has 3 N–H and O–H groups in total. The average Bonchev–Trinajstić information content (AvgIpc) is 2.48. The molecule has 1 heterocycles. The molecule has 0 spiro atoms. The van der Waals surface area contributed by atoms with Crippen LogP contribution in [0.2, 0.25) is 0 Å². The van der Waals surface area contributed by atoms with Crippen LogP contribution in [0.4, 0.5) is 0 Å². The Labute approximate surface area is 91.4 Å². The number of nitrogens with zero attached hydrogens (tertiary/aromatic N) is 1. The second-order valence-electron chi connectivity index (χ2n) is 5.54. The van der Waals surface area contributed by atoms with Crippen LogP contribution < -0.4 is 5.73 Å². The van der Waals surface area contributed by atoms with E-state index in [0.717, 1.165) is 0 Å². The molecule has 1 amide bonds. The fraction of sp³-hybridized carbons (Fsp3) is 0.909. The van der Waals surface area contributed by atoms with Crippen molar-refractivity contribution in [3.8, 4) is 0 Å². The van der Waals surface area contributed by atoms with Crippen molar-refractivity contribution in [1.82, 2.24) is 4.90 Å². The van der Waals surface area contributed by atoms with Crippen LogP contribution in [0.15, 0.2) is 0 Å². The van der Waals surface area contributed by atoms with Crippen molar-refractivity contribution in [2.75, 3.05) is 13.1 Å². The molecule has 0 aromatic heterocycles. The fourth-order valence-electron chi connectivity index (χ4n) is 1.60. The van der Waals surface area contributed by atoms with E-state index in [-0.39, 0.29) is 12.0 Å². The quantitative estimate of drug-likeness (QED) is 0.696. The van der Waals surface area contributed by atoms with Gasteiger partial charge in [-0.2, -0.15) is 0 Å². The molecule has 4 nitrogen and oxygen atoms in total. The number of hydrogen-bond donors (Lipinski definition) is 2. The minimum Gasteiger partial charge on any atom is -0.391 e. The van der Waals surface area contributed by atoms with Gasteiger partial charge < -0.3 is 15.7 Å². The van der Waals surface area contributed by atoms with Crippen LogP contribution in [0.25, 0.3) is 0 Å². The number of nitrogens with two attached hydrogens (primary N) is 1. The molecule has 1 rings (SSSR count). The van der Waals surface area contributed by atoms with Crippen LogP contribution in [0.1, 0.15) is 34.1 Å². The summed E-state index contributed by atoms with van der Waals surface area (Å²) in [6.45, 7) is 8.52. The van der Waals surface area contributed by atoms with Gasteiger partial charge in [0.25, 0.3) is 0 Å². The number of aliphatic hydroxyl groups is 1. The lowest BCUT2D eigenvalue weighted by Gasteiger charge is -2.39. The molecule has 0 bridgehead atoms. The monoisotopic (exact) mass is 214 g/mol. The Morgan fingerprint density at radius 2 is 1.93 bits per heavy atom. The normalized spacial score (nSPS) is 23.3. The van der Waals surface area contributed by atoms with Gasteiger partial charge in [0, 0.05) is 18.6 Å². The first-order valence-electron chi connectivity index (χ1n) is 5.42. The molecule has 0 radical (unpaired) electrons. The highest BCUT2D eigenvalue weighted by molar-refractivity contribution is 5.83. The zero-order valence-electron chi connectivity index (χ0n) is 10.1. The predicted molar refractivity (Wildman–Crippen MR) is 59.3 cm³/mol. The molecule has 1 aliphatic heterocycles. The maximum absolute atomic E-state index is 12.2. The summed E-state index contributed by atoms with van der Waals surface area (Å²) in [7, 11) is 0. The summed E-state index contributed by atoms with van der Waals surface area (Å²) in [6.07, 6.45) is 0.304. The van der Waals surface area contributed by atoms with Gasteiger partial charge in [-0.25, -0.2) is 0 Å². The minimum absolute atomic E-state index is 0.0338. The Hall–Kier alpha value is -0.610. The van der Waals surface area contributed by atoms with Crippen molar-refractivity contribution in [1.29, 1.82) is 0 Å². The summed E-state index contributed by atoms with van der Waals surface area (Å²) in [6, 6.07) is 0. The number of aliphatic hydroxyl groups excluding tert-OH is 1. The first kappa shape index (κ1) is 12.5. The molecule has 4 heteroatoms. The van der Waals surface area contributed by atoms with E-state index >= 15 is 0 Å². The van der Waals surface area contributed by atoms with E-state index in [2.05, 4.69) is 0 Å². The Morgan fingerprint density at radius 3 is 2.27 bits per heavy atom. The maximum atomic E-state index is 12.2. The van der Waals surface area contributed by atoms with E-state index in [1.54, 1.807) is 4.90 Å². The number of rotatable bonds is 2. The fourth-order valence-corrected chi connectivity index (χ4v) is 1.60. The van der Waals surface area contributed by atoms with Crippen molar-refractivity contribution in [3.05, 3.63) is 0 Å². The van der Waals surface area contributed by atoms with Crippen LogP contribution in [-0.2, 0) is 4.79 Å².